The van der Waals surface area contributed by atoms with Gasteiger partial charge in [0.15, 0.2) is 0 Å². The lowest BCUT2D eigenvalue weighted by molar-refractivity contribution is 0.527. The van der Waals surface area contributed by atoms with Crippen LogP contribution in [0.3, 0.4) is 0 Å². The average Bonchev–Trinajstić information content (AvgIpc) is 2.46. The predicted octanol–water partition coefficient (Wildman–Crippen LogP) is 6.54. The molecule has 0 bridgehead atoms. The Morgan fingerprint density at radius 1 is 0.739 bits per heavy atom. The molecule has 2 aromatic rings. The second-order valence-electron chi connectivity index (χ2n) is 7.41. The molecule has 0 aliphatic carbocycles. The minimum atomic E-state index is -0.457. The third-order valence-corrected chi connectivity index (χ3v) is 4.68. The normalized spacial score (nSPS) is 12.3. The van der Waals surface area contributed by atoms with E-state index in [9.17, 15) is 8.78 Å². The Balaban J connectivity index is 2.47. The molecule has 0 aliphatic heterocycles. The van der Waals surface area contributed by atoms with Gasteiger partial charge in [0.25, 0.3) is 0 Å². The Morgan fingerprint density at radius 3 is 1.61 bits per heavy atom. The molecule has 0 atom stereocenters. The van der Waals surface area contributed by atoms with E-state index in [0.29, 0.717) is 11.5 Å². The van der Waals surface area contributed by atoms with Crippen molar-refractivity contribution in [3.05, 3.63) is 70.3 Å². The summed E-state index contributed by atoms with van der Waals surface area (Å²) < 4.78 is 28.7. The first-order chi connectivity index (χ1) is 10.6. The summed E-state index contributed by atoms with van der Waals surface area (Å²) in [6.45, 7) is 11.9. The average molecular weight is 316 g/mol. The third kappa shape index (κ3) is 3.46. The Hall–Kier alpha value is -1.70. The number of halogens is 2. The van der Waals surface area contributed by atoms with E-state index < -0.39 is 17.0 Å². The van der Waals surface area contributed by atoms with Gasteiger partial charge in [-0.25, -0.2) is 8.78 Å². The van der Waals surface area contributed by atoms with Crippen molar-refractivity contribution in [1.29, 1.82) is 0 Å². The zero-order valence-electron chi connectivity index (χ0n) is 14.9. The van der Waals surface area contributed by atoms with Crippen LogP contribution in [0.4, 0.5) is 8.78 Å². The van der Waals surface area contributed by atoms with Gasteiger partial charge in [0.05, 0.1) is 0 Å². The highest BCUT2D eigenvalue weighted by Crippen LogP contribution is 2.35. The van der Waals surface area contributed by atoms with Gasteiger partial charge >= 0.3 is 0 Å². The third-order valence-electron chi connectivity index (χ3n) is 4.68. The molecule has 0 fully saturated rings. The van der Waals surface area contributed by atoms with Gasteiger partial charge < -0.3 is 0 Å². The van der Waals surface area contributed by atoms with E-state index in [2.05, 4.69) is 38.1 Å². The molecule has 23 heavy (non-hydrogen) atoms. The molecule has 0 unspecified atom stereocenters. The summed E-state index contributed by atoms with van der Waals surface area (Å²) in [5.41, 5.74) is 2.69. The second kappa shape index (κ2) is 6.43. The number of rotatable bonds is 4. The van der Waals surface area contributed by atoms with E-state index in [1.165, 1.54) is 17.7 Å². The monoisotopic (exact) mass is 316 g/mol. The van der Waals surface area contributed by atoms with Gasteiger partial charge in [-0.2, -0.15) is 0 Å². The number of hydrogen-bond donors (Lipinski definition) is 0. The predicted molar refractivity (Wildman–Crippen MR) is 93.1 cm³/mol. The van der Waals surface area contributed by atoms with E-state index >= 15 is 0 Å². The van der Waals surface area contributed by atoms with Crippen molar-refractivity contribution in [3.8, 4) is 0 Å². The zero-order chi connectivity index (χ0) is 17.4. The fourth-order valence-corrected chi connectivity index (χ4v) is 2.95. The van der Waals surface area contributed by atoms with E-state index in [1.807, 2.05) is 13.8 Å². The first-order valence-electron chi connectivity index (χ1n) is 8.24. The summed E-state index contributed by atoms with van der Waals surface area (Å²) in [5.74, 6) is -0.617. The summed E-state index contributed by atoms with van der Waals surface area (Å²) in [6.07, 6.45) is 0. The quantitative estimate of drug-likeness (QED) is 0.601. The van der Waals surface area contributed by atoms with Gasteiger partial charge in [-0.3, -0.25) is 0 Å². The summed E-state index contributed by atoms with van der Waals surface area (Å²) in [6, 6.07) is 11.3. The van der Waals surface area contributed by atoms with Crippen LogP contribution in [-0.4, -0.2) is 0 Å². The zero-order valence-corrected chi connectivity index (χ0v) is 14.9. The van der Waals surface area contributed by atoms with E-state index in [-0.39, 0.29) is 11.5 Å². The van der Waals surface area contributed by atoms with Gasteiger partial charge in [-0.1, -0.05) is 65.8 Å². The van der Waals surface area contributed by atoms with Crippen LogP contribution in [0.1, 0.15) is 75.6 Å². The Morgan fingerprint density at radius 2 is 1.22 bits per heavy atom. The molecule has 0 spiro atoms. The first-order valence-corrected chi connectivity index (χ1v) is 8.24. The largest absolute Gasteiger partial charge is 0.207 e. The summed E-state index contributed by atoms with van der Waals surface area (Å²) >= 11 is 0. The molecule has 2 aromatic carbocycles. The molecule has 0 radical (unpaired) electrons. The maximum Gasteiger partial charge on any atom is 0.129 e. The molecule has 0 nitrogen and oxygen atoms in total. The molecule has 124 valence electrons. The van der Waals surface area contributed by atoms with Crippen molar-refractivity contribution in [3.63, 3.8) is 0 Å². The van der Waals surface area contributed by atoms with Gasteiger partial charge in [-0.15, -0.1) is 0 Å². The molecule has 0 aliphatic rings. The summed E-state index contributed by atoms with van der Waals surface area (Å²) in [4.78, 5) is 0. The van der Waals surface area contributed by atoms with Crippen LogP contribution in [0.25, 0.3) is 0 Å². The highest BCUT2D eigenvalue weighted by molar-refractivity contribution is 5.41. The van der Waals surface area contributed by atoms with Crippen LogP contribution >= 0.6 is 0 Å². The first kappa shape index (κ1) is 17.7. The second-order valence-corrected chi connectivity index (χ2v) is 7.41. The molecular weight excluding hydrogens is 290 g/mol. The minimum absolute atomic E-state index is 0.166. The molecular formula is C21H26F2. The highest BCUT2D eigenvalue weighted by Gasteiger charge is 2.26. The van der Waals surface area contributed by atoms with Crippen molar-refractivity contribution in [2.45, 2.75) is 58.8 Å². The Labute approximate surface area is 138 Å². The standard InChI is InChI=1S/C21H26F2/c1-13(2)15-7-9-16(10-8-15)21(5,6)17-11-18(22)20(14(3)4)19(23)12-17/h7-14H,1-6H3. The topological polar surface area (TPSA) is 0 Å². The lowest BCUT2D eigenvalue weighted by atomic mass is 9.77. The van der Waals surface area contributed by atoms with E-state index in [1.54, 1.807) is 13.8 Å². The van der Waals surface area contributed by atoms with Gasteiger partial charge in [-0.05, 0) is 40.7 Å². The molecule has 0 N–H and O–H groups in total. The van der Waals surface area contributed by atoms with Gasteiger partial charge in [0, 0.05) is 11.0 Å². The van der Waals surface area contributed by atoms with Gasteiger partial charge in [0.2, 0.25) is 0 Å². The van der Waals surface area contributed by atoms with Crippen LogP contribution in [-0.2, 0) is 5.41 Å². The number of benzene rings is 2. The van der Waals surface area contributed by atoms with Crippen molar-refractivity contribution in [2.24, 2.45) is 0 Å². The van der Waals surface area contributed by atoms with Gasteiger partial charge in [0.1, 0.15) is 11.6 Å². The Bertz CT molecular complexity index is 656. The van der Waals surface area contributed by atoms with Crippen LogP contribution in [0.15, 0.2) is 36.4 Å². The molecule has 0 amide bonds. The summed E-state index contributed by atoms with van der Waals surface area (Å²) in [5, 5.41) is 0. The van der Waals surface area contributed by atoms with E-state index in [0.717, 1.165) is 5.56 Å². The van der Waals surface area contributed by atoms with E-state index in [4.69, 9.17) is 0 Å². The van der Waals surface area contributed by atoms with Crippen molar-refractivity contribution < 1.29 is 8.78 Å². The smallest absolute Gasteiger partial charge is 0.129 e. The van der Waals surface area contributed by atoms with Crippen molar-refractivity contribution in [1.82, 2.24) is 0 Å². The van der Waals surface area contributed by atoms with Crippen molar-refractivity contribution >= 4 is 0 Å². The molecule has 2 rings (SSSR count). The lowest BCUT2D eigenvalue weighted by Gasteiger charge is -2.27. The highest BCUT2D eigenvalue weighted by atomic mass is 19.1. The molecule has 0 saturated heterocycles. The molecule has 0 aromatic heterocycles. The summed E-state index contributed by atoms with van der Waals surface area (Å²) in [7, 11) is 0. The fraction of sp³-hybridized carbons (Fsp3) is 0.429. The SMILES string of the molecule is CC(C)c1ccc(C(C)(C)c2cc(F)c(C(C)C)c(F)c2)cc1. The van der Waals surface area contributed by atoms with Crippen LogP contribution in [0, 0.1) is 11.6 Å². The maximum absolute atomic E-state index is 14.3. The number of hydrogen-bond acceptors (Lipinski definition) is 0. The van der Waals surface area contributed by atoms with Crippen molar-refractivity contribution in [2.75, 3.05) is 0 Å². The maximum atomic E-state index is 14.3. The lowest BCUT2D eigenvalue weighted by Crippen LogP contribution is -2.20. The Kier molecular flexibility index (Phi) is 4.93. The molecule has 0 saturated carbocycles. The minimum Gasteiger partial charge on any atom is -0.207 e. The van der Waals surface area contributed by atoms with Crippen LogP contribution in [0.2, 0.25) is 0 Å². The molecule has 2 heteroatoms. The molecule has 0 heterocycles. The fourth-order valence-electron chi connectivity index (χ4n) is 2.95. The van der Waals surface area contributed by atoms with Crippen LogP contribution in [0.5, 0.6) is 0 Å². The van der Waals surface area contributed by atoms with Crippen LogP contribution < -0.4 is 0 Å².